The van der Waals surface area contributed by atoms with E-state index >= 15 is 0 Å². The lowest BCUT2D eigenvalue weighted by Crippen LogP contribution is -2.32. The van der Waals surface area contributed by atoms with E-state index in [2.05, 4.69) is 43.3 Å². The lowest BCUT2D eigenvalue weighted by molar-refractivity contribution is -0.127. The second kappa shape index (κ2) is 17.5. The number of hydrogen-bond acceptors (Lipinski definition) is 13. The number of methoxy groups -OCH3 is 1. The number of rotatable bonds is 16. The average Bonchev–Trinajstić information content (AvgIpc) is 4.05. The molecule has 312 valence electrons. The summed E-state index contributed by atoms with van der Waals surface area (Å²) in [6.45, 7) is 8.90. The number of nitrogen functional groups attached to an aromatic ring is 2. The second-order valence-electron chi connectivity index (χ2n) is 14.0. The number of carbonyl (C=O) groups excluding carboxylic acids is 2. The van der Waals surface area contributed by atoms with Crippen LogP contribution in [0.4, 0.5) is 16.0 Å². The van der Waals surface area contributed by atoms with Crippen LogP contribution in [0.3, 0.4) is 0 Å². The van der Waals surface area contributed by atoms with Crippen LogP contribution in [0.25, 0.3) is 56.0 Å². The first-order valence-electron chi connectivity index (χ1n) is 19.3. The van der Waals surface area contributed by atoms with Gasteiger partial charge in [-0.15, -0.1) is 0 Å². The lowest BCUT2D eigenvalue weighted by atomic mass is 10.1. The predicted octanol–water partition coefficient (Wildman–Crippen LogP) is 4.83. The molecule has 0 saturated carbocycles. The summed E-state index contributed by atoms with van der Waals surface area (Å²) < 4.78 is 23.3. The van der Waals surface area contributed by atoms with E-state index in [1.54, 1.807) is 31.6 Å². The Morgan fingerprint density at radius 3 is 2.10 bits per heavy atom. The van der Waals surface area contributed by atoms with Gasteiger partial charge in [0, 0.05) is 55.3 Å². The Kier molecular flexibility index (Phi) is 11.4. The number of halogens is 1. The average molecular weight is 834 g/mol. The maximum atomic E-state index is 15.0. The van der Waals surface area contributed by atoms with E-state index in [-0.39, 0.29) is 67.9 Å². The van der Waals surface area contributed by atoms with Gasteiger partial charge in [0.2, 0.25) is 17.7 Å². The molecule has 0 aliphatic carbocycles. The molecule has 0 unspecified atom stereocenters. The standard InChI is InChI=1S/C43H40FN15O3/c1-4-32(60)56(23-26-10-7-6-8-11-26)15-17-59-42-35(36(54-59)29-19-31(44)43(62-3)47-20-29)39(46)52-40(53-42)28-13-9-12-27(18-28)24-57(33(61)5-2)14-16-58-41-34(38(45)48-25-49-41)37(55-58)30-21-50-51-22-30/h4-13,18-22,25H,1-2,14-17,23-24H2,3H3,(H,50,51)(H2,45,48,49)(H2,46,52,53). The van der Waals surface area contributed by atoms with E-state index in [9.17, 15) is 14.0 Å². The zero-order valence-electron chi connectivity index (χ0n) is 33.5. The van der Waals surface area contributed by atoms with Gasteiger partial charge in [-0.25, -0.2) is 38.7 Å². The van der Waals surface area contributed by atoms with Crippen molar-refractivity contribution in [1.29, 1.82) is 0 Å². The van der Waals surface area contributed by atoms with Crippen molar-refractivity contribution in [3.05, 3.63) is 128 Å². The summed E-state index contributed by atoms with van der Waals surface area (Å²) in [5.74, 6) is -0.788. The van der Waals surface area contributed by atoms with E-state index in [0.29, 0.717) is 56.7 Å². The molecule has 0 bridgehead atoms. The van der Waals surface area contributed by atoms with Gasteiger partial charge < -0.3 is 26.0 Å². The highest BCUT2D eigenvalue weighted by atomic mass is 19.1. The topological polar surface area (TPSA) is 231 Å². The summed E-state index contributed by atoms with van der Waals surface area (Å²) in [5, 5.41) is 17.4. The first kappa shape index (κ1) is 40.4. The van der Waals surface area contributed by atoms with Crippen molar-refractivity contribution in [2.75, 3.05) is 31.7 Å². The summed E-state index contributed by atoms with van der Waals surface area (Å²) in [4.78, 5) is 51.9. The van der Waals surface area contributed by atoms with Crippen LogP contribution in [0, 0.1) is 5.82 Å². The monoisotopic (exact) mass is 833 g/mol. The zero-order chi connectivity index (χ0) is 43.3. The number of nitrogens with one attached hydrogen (secondary N) is 1. The summed E-state index contributed by atoms with van der Waals surface area (Å²) in [5.41, 5.74) is 18.0. The van der Waals surface area contributed by atoms with Crippen molar-refractivity contribution >= 4 is 45.5 Å². The number of aromatic amines is 1. The number of benzene rings is 2. The summed E-state index contributed by atoms with van der Waals surface area (Å²) >= 11 is 0. The molecule has 0 aliphatic rings. The Labute approximate surface area is 353 Å². The molecule has 18 nitrogen and oxygen atoms in total. The number of H-pyrrole nitrogens is 1. The number of nitrogens with two attached hydrogens (primary N) is 2. The normalized spacial score (nSPS) is 11.2. The third-order valence-electron chi connectivity index (χ3n) is 10.1. The van der Waals surface area contributed by atoms with Gasteiger partial charge in [-0.3, -0.25) is 14.7 Å². The van der Waals surface area contributed by atoms with Crippen molar-refractivity contribution < 1.29 is 18.7 Å². The zero-order valence-corrected chi connectivity index (χ0v) is 33.5. The molecule has 0 atom stereocenters. The first-order chi connectivity index (χ1) is 30.1. The molecule has 6 aromatic heterocycles. The minimum atomic E-state index is -0.689. The number of hydrogen-bond donors (Lipinski definition) is 3. The van der Waals surface area contributed by atoms with Crippen LogP contribution in [0.5, 0.6) is 5.88 Å². The molecule has 2 aromatic carbocycles. The predicted molar refractivity (Wildman–Crippen MR) is 230 cm³/mol. The number of aromatic nitrogens is 11. The molecule has 0 spiro atoms. The Bertz CT molecular complexity index is 2950. The van der Waals surface area contributed by atoms with Crippen LogP contribution in [0.2, 0.25) is 0 Å². The Hall–Kier alpha value is -8.35. The van der Waals surface area contributed by atoms with Crippen LogP contribution in [0.1, 0.15) is 11.1 Å². The number of fused-ring (bicyclic) bond motifs is 2. The van der Waals surface area contributed by atoms with Crippen LogP contribution in [-0.4, -0.2) is 96.5 Å². The molecular formula is C43H40FN15O3. The summed E-state index contributed by atoms with van der Waals surface area (Å²) in [6, 6.07) is 18.2. The van der Waals surface area contributed by atoms with Crippen molar-refractivity contribution in [3.63, 3.8) is 0 Å². The Balaban J connectivity index is 1.11. The van der Waals surface area contributed by atoms with Gasteiger partial charge in [0.1, 0.15) is 29.4 Å². The molecule has 19 heteroatoms. The van der Waals surface area contributed by atoms with Crippen molar-refractivity contribution in [3.8, 4) is 39.8 Å². The van der Waals surface area contributed by atoms with Crippen LogP contribution >= 0.6 is 0 Å². The second-order valence-corrected chi connectivity index (χ2v) is 14.0. The molecule has 0 fully saturated rings. The highest BCUT2D eigenvalue weighted by Gasteiger charge is 2.23. The Morgan fingerprint density at radius 1 is 0.774 bits per heavy atom. The van der Waals surface area contributed by atoms with E-state index in [4.69, 9.17) is 31.4 Å². The maximum absolute atomic E-state index is 15.0. The van der Waals surface area contributed by atoms with E-state index < -0.39 is 5.82 Å². The summed E-state index contributed by atoms with van der Waals surface area (Å²) in [7, 11) is 1.33. The number of ether oxygens (including phenoxy) is 1. The van der Waals surface area contributed by atoms with Gasteiger partial charge >= 0.3 is 0 Å². The Morgan fingerprint density at radius 2 is 1.44 bits per heavy atom. The fraction of sp³-hybridized carbons (Fsp3) is 0.163. The van der Waals surface area contributed by atoms with Crippen LogP contribution in [0.15, 0.2) is 111 Å². The largest absolute Gasteiger partial charge is 0.479 e. The first-order valence-corrected chi connectivity index (χ1v) is 19.3. The SMILES string of the molecule is C=CC(=O)N(CCn1nc(-c2cn[nH]c2)c2c(N)ncnc21)Cc1cccc(-c2nc(N)c3c(-c4cnc(OC)c(F)c4)nn(CCN(Cc4ccccc4)C(=O)C=C)c3n2)c1. The van der Waals surface area contributed by atoms with Crippen molar-refractivity contribution in [2.45, 2.75) is 26.2 Å². The quantitative estimate of drug-likeness (QED) is 0.111. The molecule has 0 radical (unpaired) electrons. The number of pyridine rings is 1. The number of carbonyl (C=O) groups is 2. The fourth-order valence-corrected chi connectivity index (χ4v) is 7.12. The third-order valence-corrected chi connectivity index (χ3v) is 10.1. The van der Waals surface area contributed by atoms with Crippen molar-refractivity contribution in [2.24, 2.45) is 0 Å². The van der Waals surface area contributed by atoms with Gasteiger partial charge in [0.15, 0.2) is 22.9 Å². The molecule has 0 aliphatic heterocycles. The molecule has 0 saturated heterocycles. The van der Waals surface area contributed by atoms with Gasteiger partial charge in [0.25, 0.3) is 0 Å². The molecule has 6 heterocycles. The lowest BCUT2D eigenvalue weighted by Gasteiger charge is -2.22. The highest BCUT2D eigenvalue weighted by molar-refractivity contribution is 6.00. The molecule has 8 rings (SSSR count). The number of nitrogens with zero attached hydrogens (tertiary/aromatic N) is 12. The van der Waals surface area contributed by atoms with E-state index in [0.717, 1.165) is 11.1 Å². The van der Waals surface area contributed by atoms with E-state index in [1.807, 2.05) is 54.6 Å². The number of amides is 2. The van der Waals surface area contributed by atoms with E-state index in [1.165, 1.54) is 37.9 Å². The van der Waals surface area contributed by atoms with Crippen molar-refractivity contribution in [1.82, 2.24) is 64.5 Å². The minimum absolute atomic E-state index is 0.0883. The molecule has 62 heavy (non-hydrogen) atoms. The molecular weight excluding hydrogens is 794 g/mol. The highest BCUT2D eigenvalue weighted by Crippen LogP contribution is 2.34. The van der Waals surface area contributed by atoms with Crippen LogP contribution < -0.4 is 16.2 Å². The molecule has 2 amide bonds. The van der Waals surface area contributed by atoms with Crippen LogP contribution in [-0.2, 0) is 35.8 Å². The minimum Gasteiger partial charge on any atom is -0.479 e. The van der Waals surface area contributed by atoms with Gasteiger partial charge in [0.05, 0.1) is 37.2 Å². The smallest absolute Gasteiger partial charge is 0.250 e. The fourth-order valence-electron chi connectivity index (χ4n) is 7.12. The third kappa shape index (κ3) is 8.13. The molecule has 5 N–H and O–H groups in total. The van der Waals surface area contributed by atoms with Gasteiger partial charge in [-0.1, -0.05) is 61.7 Å². The van der Waals surface area contributed by atoms with Gasteiger partial charge in [-0.2, -0.15) is 15.3 Å². The molecule has 8 aromatic rings. The van der Waals surface area contributed by atoms with Gasteiger partial charge in [-0.05, 0) is 35.4 Å². The number of anilines is 2. The summed E-state index contributed by atoms with van der Waals surface area (Å²) in [6.07, 6.45) is 8.65. The maximum Gasteiger partial charge on any atom is 0.250 e.